The van der Waals surface area contributed by atoms with Gasteiger partial charge in [0.05, 0.1) is 12.1 Å². The number of methoxy groups -OCH3 is 1. The summed E-state index contributed by atoms with van der Waals surface area (Å²) in [5, 5.41) is 12.5. The van der Waals surface area contributed by atoms with Crippen LogP contribution in [0.25, 0.3) is 34.1 Å². The number of nitrogens with zero attached hydrogens (tertiary/aromatic N) is 4. The van der Waals surface area contributed by atoms with Crippen molar-refractivity contribution in [2.75, 3.05) is 25.6 Å². The number of anilines is 1. The lowest BCUT2D eigenvalue weighted by atomic mass is 10.1. The van der Waals surface area contributed by atoms with E-state index in [9.17, 15) is 0 Å². The van der Waals surface area contributed by atoms with Crippen molar-refractivity contribution in [2.45, 2.75) is 6.92 Å². The number of para-hydroxylation sites is 1. The van der Waals surface area contributed by atoms with E-state index in [2.05, 4.69) is 25.5 Å². The first-order valence-electron chi connectivity index (χ1n) is 8.65. The summed E-state index contributed by atoms with van der Waals surface area (Å²) in [4.78, 5) is 9.17. The smallest absolute Gasteiger partial charge is 0.286 e. The first-order valence-corrected chi connectivity index (χ1v) is 8.65. The van der Waals surface area contributed by atoms with Crippen LogP contribution in [0.15, 0.2) is 52.9 Å². The molecule has 0 bridgehead atoms. The highest BCUT2D eigenvalue weighted by Gasteiger charge is 2.16. The maximum absolute atomic E-state index is 5.84. The molecule has 2 aromatic heterocycles. The zero-order valence-electron chi connectivity index (χ0n) is 15.1. The molecule has 7 nitrogen and oxygen atoms in total. The lowest BCUT2D eigenvalue weighted by Crippen LogP contribution is -2.10. The zero-order valence-corrected chi connectivity index (χ0v) is 15.1. The van der Waals surface area contributed by atoms with Crippen molar-refractivity contribution in [3.8, 4) is 23.2 Å². The molecule has 0 aliphatic carbocycles. The number of hydrogen-bond acceptors (Lipinski definition) is 7. The molecule has 0 spiro atoms. The quantitative estimate of drug-likeness (QED) is 0.524. The summed E-state index contributed by atoms with van der Waals surface area (Å²) < 4.78 is 10.9. The Morgan fingerprint density at radius 3 is 2.70 bits per heavy atom. The van der Waals surface area contributed by atoms with E-state index in [0.29, 0.717) is 30.7 Å². The Kier molecular flexibility index (Phi) is 4.76. The van der Waals surface area contributed by atoms with Crippen molar-refractivity contribution in [3.05, 3.63) is 54.1 Å². The van der Waals surface area contributed by atoms with Gasteiger partial charge in [-0.25, -0.2) is 9.97 Å². The minimum Gasteiger partial charge on any atom is -0.413 e. The van der Waals surface area contributed by atoms with Crippen molar-refractivity contribution < 1.29 is 9.15 Å². The summed E-state index contributed by atoms with van der Waals surface area (Å²) in [6, 6.07) is 15.7. The Hall–Kier alpha value is -3.32. The highest BCUT2D eigenvalue weighted by Crippen LogP contribution is 2.26. The van der Waals surface area contributed by atoms with Crippen LogP contribution in [-0.2, 0) is 4.74 Å². The van der Waals surface area contributed by atoms with Crippen LogP contribution in [0.1, 0.15) is 5.56 Å². The van der Waals surface area contributed by atoms with Gasteiger partial charge < -0.3 is 14.5 Å². The molecular formula is C20H19N5O2. The Balaban J connectivity index is 1.73. The van der Waals surface area contributed by atoms with Gasteiger partial charge in [-0.05, 0) is 31.2 Å². The molecule has 1 N–H and O–H groups in total. The maximum Gasteiger partial charge on any atom is 0.286 e. The molecule has 2 aromatic carbocycles. The lowest BCUT2D eigenvalue weighted by molar-refractivity contribution is 0.210. The molecular weight excluding hydrogens is 342 g/mol. The highest BCUT2D eigenvalue weighted by molar-refractivity contribution is 5.90. The normalized spacial score (nSPS) is 11.0. The van der Waals surface area contributed by atoms with E-state index in [-0.39, 0.29) is 5.89 Å². The van der Waals surface area contributed by atoms with Gasteiger partial charge in [0.2, 0.25) is 11.7 Å². The first-order chi connectivity index (χ1) is 13.2. The van der Waals surface area contributed by atoms with E-state index in [1.165, 1.54) is 0 Å². The van der Waals surface area contributed by atoms with Gasteiger partial charge in [-0.3, -0.25) is 0 Å². The van der Waals surface area contributed by atoms with Gasteiger partial charge in [0.25, 0.3) is 5.89 Å². The van der Waals surface area contributed by atoms with Crippen LogP contribution in [0.5, 0.6) is 0 Å². The second kappa shape index (κ2) is 7.51. The largest absolute Gasteiger partial charge is 0.413 e. The minimum absolute atomic E-state index is 0.284. The molecule has 0 atom stereocenters. The SMILES string of the molecule is COCCNc1nc(-c2nnc(-c3cccc(C)c3)o2)nc2ccccc12. The van der Waals surface area contributed by atoms with Crippen LogP contribution in [-0.4, -0.2) is 40.4 Å². The van der Waals surface area contributed by atoms with Gasteiger partial charge in [0, 0.05) is 24.6 Å². The molecule has 0 fully saturated rings. The Labute approximate surface area is 156 Å². The van der Waals surface area contributed by atoms with Crippen LogP contribution >= 0.6 is 0 Å². The molecule has 7 heteroatoms. The number of aromatic nitrogens is 4. The summed E-state index contributed by atoms with van der Waals surface area (Å²) in [7, 11) is 1.66. The number of fused-ring (bicyclic) bond motifs is 1. The molecule has 0 aliphatic heterocycles. The summed E-state index contributed by atoms with van der Waals surface area (Å²) in [5.41, 5.74) is 2.80. The topological polar surface area (TPSA) is 86.0 Å². The van der Waals surface area contributed by atoms with E-state index in [1.807, 2.05) is 55.5 Å². The van der Waals surface area contributed by atoms with Gasteiger partial charge in [-0.2, -0.15) is 0 Å². The van der Waals surface area contributed by atoms with Crippen LogP contribution < -0.4 is 5.32 Å². The molecule has 0 saturated heterocycles. The fraction of sp³-hybridized carbons (Fsp3) is 0.200. The van der Waals surface area contributed by atoms with E-state index in [4.69, 9.17) is 9.15 Å². The first kappa shape index (κ1) is 17.1. The van der Waals surface area contributed by atoms with Crippen molar-refractivity contribution in [1.29, 1.82) is 0 Å². The fourth-order valence-corrected chi connectivity index (χ4v) is 2.79. The van der Waals surface area contributed by atoms with Gasteiger partial charge >= 0.3 is 0 Å². The molecule has 0 aliphatic rings. The van der Waals surface area contributed by atoms with Crippen LogP contribution in [0, 0.1) is 6.92 Å². The Bertz CT molecular complexity index is 1080. The third-order valence-electron chi connectivity index (χ3n) is 4.08. The molecule has 4 rings (SSSR count). The monoisotopic (exact) mass is 361 g/mol. The molecule has 2 heterocycles. The average molecular weight is 361 g/mol. The maximum atomic E-state index is 5.84. The fourth-order valence-electron chi connectivity index (χ4n) is 2.79. The summed E-state index contributed by atoms with van der Waals surface area (Å²) in [6.45, 7) is 3.23. The summed E-state index contributed by atoms with van der Waals surface area (Å²) >= 11 is 0. The van der Waals surface area contributed by atoms with Gasteiger partial charge in [0.15, 0.2) is 0 Å². The van der Waals surface area contributed by atoms with Crippen LogP contribution in [0.3, 0.4) is 0 Å². The number of ether oxygens (including phenoxy) is 1. The number of hydrogen-bond donors (Lipinski definition) is 1. The molecule has 0 unspecified atom stereocenters. The second-order valence-corrected chi connectivity index (χ2v) is 6.11. The molecule has 4 aromatic rings. The standard InChI is InChI=1S/C20H19N5O2/c1-13-6-5-7-14(12-13)19-24-25-20(27-19)18-22-16-9-4-3-8-15(16)17(23-18)21-10-11-26-2/h3-9,12H,10-11H2,1-2H3,(H,21,22,23). The molecule has 0 saturated carbocycles. The highest BCUT2D eigenvalue weighted by atomic mass is 16.5. The second-order valence-electron chi connectivity index (χ2n) is 6.11. The number of aryl methyl sites for hydroxylation is 1. The number of rotatable bonds is 6. The van der Waals surface area contributed by atoms with E-state index in [0.717, 1.165) is 22.0 Å². The van der Waals surface area contributed by atoms with E-state index < -0.39 is 0 Å². The average Bonchev–Trinajstić information content (AvgIpc) is 3.18. The van der Waals surface area contributed by atoms with Crippen molar-refractivity contribution in [3.63, 3.8) is 0 Å². The molecule has 0 radical (unpaired) electrons. The van der Waals surface area contributed by atoms with E-state index in [1.54, 1.807) is 7.11 Å². The third-order valence-corrected chi connectivity index (χ3v) is 4.08. The van der Waals surface area contributed by atoms with E-state index >= 15 is 0 Å². The van der Waals surface area contributed by atoms with Crippen LogP contribution in [0.2, 0.25) is 0 Å². The number of nitrogens with one attached hydrogen (secondary N) is 1. The minimum atomic E-state index is 0.284. The summed E-state index contributed by atoms with van der Waals surface area (Å²) in [6.07, 6.45) is 0. The predicted octanol–water partition coefficient (Wildman–Crippen LogP) is 3.71. The van der Waals surface area contributed by atoms with Crippen LogP contribution in [0.4, 0.5) is 5.82 Å². The van der Waals surface area contributed by atoms with Gasteiger partial charge in [-0.15, -0.1) is 10.2 Å². The third kappa shape index (κ3) is 3.63. The van der Waals surface area contributed by atoms with Crippen molar-refractivity contribution in [1.82, 2.24) is 20.2 Å². The predicted molar refractivity (Wildman–Crippen MR) is 103 cm³/mol. The molecule has 27 heavy (non-hydrogen) atoms. The van der Waals surface area contributed by atoms with Gasteiger partial charge in [0.1, 0.15) is 5.82 Å². The molecule has 0 amide bonds. The molecule has 136 valence electrons. The van der Waals surface area contributed by atoms with Gasteiger partial charge in [-0.1, -0.05) is 29.8 Å². The lowest BCUT2D eigenvalue weighted by Gasteiger charge is -2.09. The van der Waals surface area contributed by atoms with Crippen molar-refractivity contribution in [2.24, 2.45) is 0 Å². The number of benzene rings is 2. The zero-order chi connectivity index (χ0) is 18.6. The summed E-state index contributed by atoms with van der Waals surface area (Å²) in [5.74, 6) is 1.83. The Morgan fingerprint density at radius 1 is 1.00 bits per heavy atom. The Morgan fingerprint density at radius 2 is 1.85 bits per heavy atom. The van der Waals surface area contributed by atoms with Crippen molar-refractivity contribution >= 4 is 16.7 Å².